The van der Waals surface area contributed by atoms with Gasteiger partial charge in [0, 0.05) is 5.56 Å². The third-order valence-electron chi connectivity index (χ3n) is 1.97. The van der Waals surface area contributed by atoms with Gasteiger partial charge in [-0.2, -0.15) is 0 Å². The Morgan fingerprint density at radius 3 is 2.41 bits per heavy atom. The highest BCUT2D eigenvalue weighted by Crippen LogP contribution is 2.32. The van der Waals surface area contributed by atoms with Crippen LogP contribution in [0.4, 0.5) is 13.2 Å². The minimum Gasteiger partial charge on any atom is -0.465 e. The first-order valence-electron chi connectivity index (χ1n) is 4.39. The van der Waals surface area contributed by atoms with E-state index in [2.05, 4.69) is 9.47 Å². The van der Waals surface area contributed by atoms with E-state index in [9.17, 15) is 18.0 Å². The molecule has 0 aliphatic carbocycles. The summed E-state index contributed by atoms with van der Waals surface area (Å²) < 4.78 is 44.2. The summed E-state index contributed by atoms with van der Waals surface area (Å²) in [5.41, 5.74) is 0.00748. The van der Waals surface area contributed by atoms with E-state index in [4.69, 9.17) is 11.6 Å². The Kier molecular flexibility index (Phi) is 3.87. The molecule has 0 aromatic heterocycles. The maximum absolute atomic E-state index is 12.0. The van der Waals surface area contributed by atoms with Crippen molar-refractivity contribution in [1.82, 2.24) is 0 Å². The zero-order valence-corrected chi connectivity index (χ0v) is 9.65. The number of alkyl halides is 3. The fraction of sp³-hybridized carbons (Fsp3) is 0.300. The lowest BCUT2D eigenvalue weighted by Crippen LogP contribution is -2.18. The molecule has 7 heteroatoms. The highest BCUT2D eigenvalue weighted by Gasteiger charge is 2.32. The molecule has 0 saturated carbocycles. The van der Waals surface area contributed by atoms with Crippen LogP contribution in [-0.4, -0.2) is 19.4 Å². The lowest BCUT2D eigenvalue weighted by atomic mass is 10.1. The number of rotatable bonds is 2. The molecule has 0 aliphatic heterocycles. The average Bonchev–Trinajstić information content (AvgIpc) is 2.22. The second kappa shape index (κ2) is 4.83. The molecule has 0 N–H and O–H groups in total. The van der Waals surface area contributed by atoms with Gasteiger partial charge in [-0.15, -0.1) is 13.2 Å². The second-order valence-corrected chi connectivity index (χ2v) is 3.47. The summed E-state index contributed by atoms with van der Waals surface area (Å²) in [7, 11) is 1.15. The molecule has 0 radical (unpaired) electrons. The van der Waals surface area contributed by atoms with E-state index >= 15 is 0 Å². The van der Waals surface area contributed by atoms with Crippen molar-refractivity contribution in [3.8, 4) is 5.75 Å². The summed E-state index contributed by atoms with van der Waals surface area (Å²) in [4.78, 5) is 11.2. The maximum Gasteiger partial charge on any atom is 0.573 e. The van der Waals surface area contributed by atoms with Gasteiger partial charge in [0.1, 0.15) is 5.75 Å². The van der Waals surface area contributed by atoms with Crippen molar-refractivity contribution in [2.75, 3.05) is 7.11 Å². The van der Waals surface area contributed by atoms with E-state index in [1.54, 1.807) is 0 Å². The minimum absolute atomic E-state index is 0.0128. The molecule has 0 amide bonds. The first-order valence-corrected chi connectivity index (χ1v) is 4.77. The molecule has 17 heavy (non-hydrogen) atoms. The van der Waals surface area contributed by atoms with Crippen molar-refractivity contribution in [2.45, 2.75) is 13.3 Å². The molecule has 1 aromatic rings. The first kappa shape index (κ1) is 13.6. The Morgan fingerprint density at radius 1 is 1.35 bits per heavy atom. The molecule has 0 unspecified atom stereocenters. The van der Waals surface area contributed by atoms with E-state index in [1.807, 2.05) is 0 Å². The van der Waals surface area contributed by atoms with Crippen molar-refractivity contribution in [2.24, 2.45) is 0 Å². The predicted octanol–water partition coefficient (Wildman–Crippen LogP) is 3.33. The molecule has 0 spiro atoms. The van der Waals surface area contributed by atoms with Gasteiger partial charge in [0.25, 0.3) is 0 Å². The van der Waals surface area contributed by atoms with Gasteiger partial charge in [0.15, 0.2) is 0 Å². The van der Waals surface area contributed by atoms with Crippen LogP contribution in [0.1, 0.15) is 15.9 Å². The van der Waals surface area contributed by atoms with Crippen LogP contribution in [0.15, 0.2) is 12.1 Å². The maximum atomic E-state index is 12.0. The molecule has 0 saturated heterocycles. The van der Waals surface area contributed by atoms with Crippen molar-refractivity contribution in [3.05, 3.63) is 28.3 Å². The summed E-state index contributed by atoms with van der Waals surface area (Å²) >= 11 is 5.75. The SMILES string of the molecule is COC(=O)c1ccc(OC(F)(F)F)c(C)c1Cl. The molecule has 0 bridgehead atoms. The van der Waals surface area contributed by atoms with Crippen molar-refractivity contribution < 1.29 is 27.4 Å². The zero-order chi connectivity index (χ0) is 13.2. The second-order valence-electron chi connectivity index (χ2n) is 3.09. The lowest BCUT2D eigenvalue weighted by molar-refractivity contribution is -0.274. The minimum atomic E-state index is -4.80. The molecule has 0 aliphatic rings. The molecule has 94 valence electrons. The number of methoxy groups -OCH3 is 1. The van der Waals surface area contributed by atoms with Gasteiger partial charge in [-0.05, 0) is 19.1 Å². The Morgan fingerprint density at radius 2 is 1.94 bits per heavy atom. The molecule has 0 heterocycles. The predicted molar refractivity (Wildman–Crippen MR) is 54.2 cm³/mol. The first-order chi connectivity index (χ1) is 7.76. The van der Waals surface area contributed by atoms with Gasteiger partial charge in [0.05, 0.1) is 17.7 Å². The van der Waals surface area contributed by atoms with E-state index in [0.29, 0.717) is 0 Å². The number of esters is 1. The molecule has 1 rings (SSSR count). The molecule has 3 nitrogen and oxygen atoms in total. The number of carbonyl (C=O) groups is 1. The van der Waals surface area contributed by atoms with Gasteiger partial charge < -0.3 is 9.47 Å². The third kappa shape index (κ3) is 3.26. The highest BCUT2D eigenvalue weighted by atomic mass is 35.5. The average molecular weight is 269 g/mol. The monoisotopic (exact) mass is 268 g/mol. The Bertz CT molecular complexity index is 443. The normalized spacial score (nSPS) is 11.2. The Labute approximate surface area is 100 Å². The van der Waals surface area contributed by atoms with Crippen molar-refractivity contribution in [3.63, 3.8) is 0 Å². The Balaban J connectivity index is 3.15. The molecule has 0 fully saturated rings. The van der Waals surface area contributed by atoms with Crippen LogP contribution in [0.2, 0.25) is 5.02 Å². The number of carbonyl (C=O) groups excluding carboxylic acids is 1. The van der Waals surface area contributed by atoms with E-state index in [0.717, 1.165) is 19.2 Å². The smallest absolute Gasteiger partial charge is 0.465 e. The topological polar surface area (TPSA) is 35.5 Å². The molecular formula is C10H8ClF3O3. The standard InChI is InChI=1S/C10H8ClF3O3/c1-5-7(17-10(12,13)14)4-3-6(8(5)11)9(15)16-2/h3-4H,1-2H3. The fourth-order valence-corrected chi connectivity index (χ4v) is 1.40. The van der Waals surface area contributed by atoms with E-state index in [-0.39, 0.29) is 16.1 Å². The Hall–Kier alpha value is -1.43. The van der Waals surface area contributed by atoms with Crippen molar-refractivity contribution in [1.29, 1.82) is 0 Å². The zero-order valence-electron chi connectivity index (χ0n) is 8.89. The van der Waals surface area contributed by atoms with Crippen LogP contribution in [0.5, 0.6) is 5.75 Å². The van der Waals surface area contributed by atoms with Crippen LogP contribution in [0.3, 0.4) is 0 Å². The number of halogens is 4. The van der Waals surface area contributed by atoms with Crippen LogP contribution in [-0.2, 0) is 4.74 Å². The van der Waals surface area contributed by atoms with Crippen molar-refractivity contribution >= 4 is 17.6 Å². The van der Waals surface area contributed by atoms with Crippen LogP contribution >= 0.6 is 11.6 Å². The van der Waals surface area contributed by atoms with Crippen LogP contribution in [0, 0.1) is 6.92 Å². The lowest BCUT2D eigenvalue weighted by Gasteiger charge is -2.13. The van der Waals surface area contributed by atoms with E-state index < -0.39 is 18.1 Å². The van der Waals surface area contributed by atoms with Gasteiger partial charge in [0.2, 0.25) is 0 Å². The number of hydrogen-bond acceptors (Lipinski definition) is 3. The molecular weight excluding hydrogens is 261 g/mol. The van der Waals surface area contributed by atoms with Gasteiger partial charge in [-0.25, -0.2) is 4.79 Å². The highest BCUT2D eigenvalue weighted by molar-refractivity contribution is 6.34. The number of hydrogen-bond donors (Lipinski definition) is 0. The molecule has 0 atom stereocenters. The third-order valence-corrected chi connectivity index (χ3v) is 2.45. The van der Waals surface area contributed by atoms with Gasteiger partial charge in [-0.1, -0.05) is 11.6 Å². The van der Waals surface area contributed by atoms with E-state index in [1.165, 1.54) is 6.92 Å². The largest absolute Gasteiger partial charge is 0.573 e. The quantitative estimate of drug-likeness (QED) is 0.772. The van der Waals surface area contributed by atoms with Gasteiger partial charge >= 0.3 is 12.3 Å². The van der Waals surface area contributed by atoms with Crippen LogP contribution < -0.4 is 4.74 Å². The summed E-state index contributed by atoms with van der Waals surface area (Å²) in [5, 5.41) is -0.126. The molecule has 1 aromatic carbocycles. The fourth-order valence-electron chi connectivity index (χ4n) is 1.17. The van der Waals surface area contributed by atoms with Gasteiger partial charge in [-0.3, -0.25) is 0 Å². The number of benzene rings is 1. The summed E-state index contributed by atoms with van der Waals surface area (Å²) in [6, 6.07) is 2.13. The summed E-state index contributed by atoms with van der Waals surface area (Å²) in [6.07, 6.45) is -4.80. The van der Waals surface area contributed by atoms with Crippen LogP contribution in [0.25, 0.3) is 0 Å². The number of ether oxygens (including phenoxy) is 2. The summed E-state index contributed by atoms with van der Waals surface area (Å²) in [5.74, 6) is -1.17. The summed E-state index contributed by atoms with van der Waals surface area (Å²) in [6.45, 7) is 1.32.